The predicted octanol–water partition coefficient (Wildman–Crippen LogP) is 1.22. The first-order valence-electron chi connectivity index (χ1n) is 5.72. The molecule has 1 aliphatic rings. The maximum absolute atomic E-state index is 4.28. The zero-order valence-corrected chi connectivity index (χ0v) is 9.53. The van der Waals surface area contributed by atoms with Crippen molar-refractivity contribution in [2.75, 3.05) is 18.4 Å². The number of aryl methyl sites for hydroxylation is 1. The van der Waals surface area contributed by atoms with Gasteiger partial charge in [0.2, 0.25) is 5.95 Å². The third-order valence-corrected chi connectivity index (χ3v) is 3.22. The van der Waals surface area contributed by atoms with Crippen LogP contribution in [0.5, 0.6) is 0 Å². The molecule has 0 saturated carbocycles. The van der Waals surface area contributed by atoms with Gasteiger partial charge in [-0.15, -0.1) is 0 Å². The highest BCUT2D eigenvalue weighted by Gasteiger charge is 2.20. The first-order chi connectivity index (χ1) is 7.27. The highest BCUT2D eigenvalue weighted by molar-refractivity contribution is 5.27. The van der Waals surface area contributed by atoms with Gasteiger partial charge >= 0.3 is 0 Å². The standard InChI is InChI=1S/C11H20N4/c1-9(10-4-3-5-12-8-10)14-11-13-6-7-15(11)2/h6-7,9-10,12H,3-5,8H2,1-2H3,(H,13,14). The van der Waals surface area contributed by atoms with Crippen molar-refractivity contribution in [2.24, 2.45) is 13.0 Å². The Bertz CT molecular complexity index is 301. The Hall–Kier alpha value is -1.03. The van der Waals surface area contributed by atoms with E-state index >= 15 is 0 Å². The number of hydrogen-bond acceptors (Lipinski definition) is 3. The molecule has 4 nitrogen and oxygen atoms in total. The van der Waals surface area contributed by atoms with E-state index in [0.29, 0.717) is 6.04 Å². The zero-order chi connectivity index (χ0) is 10.7. The molecular weight excluding hydrogens is 188 g/mol. The first-order valence-corrected chi connectivity index (χ1v) is 5.72. The molecule has 1 aromatic rings. The van der Waals surface area contributed by atoms with Gasteiger partial charge in [0, 0.05) is 25.5 Å². The summed E-state index contributed by atoms with van der Waals surface area (Å²) in [6.45, 7) is 4.54. The molecule has 1 aliphatic heterocycles. The van der Waals surface area contributed by atoms with Gasteiger partial charge in [-0.05, 0) is 38.8 Å². The first kappa shape index (κ1) is 10.5. The molecule has 2 unspecified atom stereocenters. The molecule has 1 saturated heterocycles. The number of aromatic nitrogens is 2. The lowest BCUT2D eigenvalue weighted by atomic mass is 9.93. The predicted molar refractivity (Wildman–Crippen MR) is 61.9 cm³/mol. The molecule has 0 radical (unpaired) electrons. The quantitative estimate of drug-likeness (QED) is 0.785. The molecule has 0 aromatic carbocycles. The minimum atomic E-state index is 0.485. The van der Waals surface area contributed by atoms with Crippen LogP contribution in [-0.4, -0.2) is 28.7 Å². The SMILES string of the molecule is CC(Nc1nccn1C)C1CCCNC1. The van der Waals surface area contributed by atoms with Gasteiger partial charge in [-0.3, -0.25) is 0 Å². The van der Waals surface area contributed by atoms with E-state index in [2.05, 4.69) is 22.5 Å². The summed E-state index contributed by atoms with van der Waals surface area (Å²) in [5.41, 5.74) is 0. The molecule has 2 atom stereocenters. The fourth-order valence-electron chi connectivity index (χ4n) is 2.13. The van der Waals surface area contributed by atoms with Crippen molar-refractivity contribution >= 4 is 5.95 Å². The van der Waals surface area contributed by atoms with Crippen molar-refractivity contribution in [3.8, 4) is 0 Å². The summed E-state index contributed by atoms with van der Waals surface area (Å²) in [5, 5.41) is 6.91. The van der Waals surface area contributed by atoms with E-state index < -0.39 is 0 Å². The van der Waals surface area contributed by atoms with Crippen LogP contribution in [0, 0.1) is 5.92 Å². The van der Waals surface area contributed by atoms with Crippen molar-refractivity contribution in [2.45, 2.75) is 25.8 Å². The van der Waals surface area contributed by atoms with Crippen LogP contribution < -0.4 is 10.6 Å². The van der Waals surface area contributed by atoms with Gasteiger partial charge in [-0.2, -0.15) is 0 Å². The van der Waals surface area contributed by atoms with E-state index in [9.17, 15) is 0 Å². The second kappa shape index (κ2) is 4.66. The Morgan fingerprint density at radius 3 is 3.13 bits per heavy atom. The topological polar surface area (TPSA) is 41.9 Å². The number of imidazole rings is 1. The number of nitrogens with one attached hydrogen (secondary N) is 2. The van der Waals surface area contributed by atoms with Gasteiger partial charge in [-0.1, -0.05) is 0 Å². The van der Waals surface area contributed by atoms with Crippen LogP contribution in [0.25, 0.3) is 0 Å². The van der Waals surface area contributed by atoms with Crippen LogP contribution in [0.1, 0.15) is 19.8 Å². The highest BCUT2D eigenvalue weighted by atomic mass is 15.2. The second-order valence-corrected chi connectivity index (χ2v) is 4.40. The monoisotopic (exact) mass is 208 g/mol. The van der Waals surface area contributed by atoms with Gasteiger partial charge in [0.1, 0.15) is 0 Å². The Morgan fingerprint density at radius 2 is 2.53 bits per heavy atom. The van der Waals surface area contributed by atoms with Crippen LogP contribution in [-0.2, 0) is 7.05 Å². The molecule has 1 fully saturated rings. The number of nitrogens with zero attached hydrogens (tertiary/aromatic N) is 2. The Kier molecular flexibility index (Phi) is 3.26. The smallest absolute Gasteiger partial charge is 0.202 e. The second-order valence-electron chi connectivity index (χ2n) is 4.40. The van der Waals surface area contributed by atoms with Gasteiger partial charge in [0.15, 0.2) is 0 Å². The molecule has 0 amide bonds. The van der Waals surface area contributed by atoms with E-state index in [1.54, 1.807) is 0 Å². The van der Waals surface area contributed by atoms with Crippen LogP contribution in [0.15, 0.2) is 12.4 Å². The molecule has 2 N–H and O–H groups in total. The maximum atomic E-state index is 4.28. The third-order valence-electron chi connectivity index (χ3n) is 3.22. The van der Waals surface area contributed by atoms with Gasteiger partial charge in [0.25, 0.3) is 0 Å². The summed E-state index contributed by atoms with van der Waals surface area (Å²) in [5.74, 6) is 1.68. The summed E-state index contributed by atoms with van der Waals surface area (Å²) in [6, 6.07) is 0.485. The number of rotatable bonds is 3. The molecule has 15 heavy (non-hydrogen) atoms. The average Bonchev–Trinajstić information content (AvgIpc) is 2.66. The largest absolute Gasteiger partial charge is 0.353 e. The maximum Gasteiger partial charge on any atom is 0.202 e. The Morgan fingerprint density at radius 1 is 1.67 bits per heavy atom. The van der Waals surface area contributed by atoms with Crippen LogP contribution >= 0.6 is 0 Å². The van der Waals surface area contributed by atoms with Gasteiger partial charge < -0.3 is 15.2 Å². The molecule has 2 rings (SSSR count). The van der Waals surface area contributed by atoms with Crippen molar-refractivity contribution in [1.29, 1.82) is 0 Å². The molecule has 2 heterocycles. The van der Waals surface area contributed by atoms with Crippen molar-refractivity contribution < 1.29 is 0 Å². The van der Waals surface area contributed by atoms with E-state index in [4.69, 9.17) is 0 Å². The zero-order valence-electron chi connectivity index (χ0n) is 9.53. The van der Waals surface area contributed by atoms with Gasteiger partial charge in [0.05, 0.1) is 0 Å². The lowest BCUT2D eigenvalue weighted by molar-refractivity contribution is 0.346. The van der Waals surface area contributed by atoms with E-state index in [1.165, 1.54) is 19.4 Å². The number of anilines is 1. The third kappa shape index (κ3) is 2.50. The van der Waals surface area contributed by atoms with Crippen LogP contribution in [0.3, 0.4) is 0 Å². The molecule has 4 heteroatoms. The van der Waals surface area contributed by atoms with Crippen LogP contribution in [0.2, 0.25) is 0 Å². The average molecular weight is 208 g/mol. The number of hydrogen-bond donors (Lipinski definition) is 2. The number of piperidine rings is 1. The van der Waals surface area contributed by atoms with Gasteiger partial charge in [-0.25, -0.2) is 4.98 Å². The van der Waals surface area contributed by atoms with E-state index in [0.717, 1.165) is 18.4 Å². The molecule has 1 aromatic heterocycles. The summed E-state index contributed by atoms with van der Waals surface area (Å²) >= 11 is 0. The van der Waals surface area contributed by atoms with Crippen molar-refractivity contribution in [3.05, 3.63) is 12.4 Å². The van der Waals surface area contributed by atoms with Crippen molar-refractivity contribution in [3.63, 3.8) is 0 Å². The van der Waals surface area contributed by atoms with Crippen LogP contribution in [0.4, 0.5) is 5.95 Å². The summed E-state index contributed by atoms with van der Waals surface area (Å²) in [4.78, 5) is 4.28. The van der Waals surface area contributed by atoms with E-state index in [-0.39, 0.29) is 0 Å². The minimum absolute atomic E-state index is 0.485. The molecule has 0 bridgehead atoms. The summed E-state index contributed by atoms with van der Waals surface area (Å²) < 4.78 is 2.02. The molecule has 0 spiro atoms. The Labute approximate surface area is 91.1 Å². The fraction of sp³-hybridized carbons (Fsp3) is 0.727. The molecule has 84 valence electrons. The highest BCUT2D eigenvalue weighted by Crippen LogP contribution is 2.17. The summed E-state index contributed by atoms with van der Waals surface area (Å²) in [7, 11) is 2.02. The lowest BCUT2D eigenvalue weighted by Gasteiger charge is -2.29. The van der Waals surface area contributed by atoms with E-state index in [1.807, 2.05) is 24.0 Å². The molecular formula is C11H20N4. The Balaban J connectivity index is 1.91. The van der Waals surface area contributed by atoms with Crippen molar-refractivity contribution in [1.82, 2.24) is 14.9 Å². The lowest BCUT2D eigenvalue weighted by Crippen LogP contribution is -2.39. The minimum Gasteiger partial charge on any atom is -0.353 e. The normalized spacial score (nSPS) is 23.7. The fourth-order valence-corrected chi connectivity index (χ4v) is 2.13. The summed E-state index contributed by atoms with van der Waals surface area (Å²) in [6.07, 6.45) is 6.39. The molecule has 0 aliphatic carbocycles.